The number of para-hydroxylation sites is 1. The van der Waals surface area contributed by atoms with Crippen LogP contribution >= 0.6 is 39.0 Å². The Balaban J connectivity index is 1.10. The minimum atomic E-state index is -0.395. The standard InChI is InChI=1S/C36H32BrN3O6S2/c1-3-45-25-14-18(8-13-24(25)46-16-26(41)38-23-7-5-4-6-17(23)2)27-28-21-15-22(31(28)47-33-32(27)48-36(44)39-33)30-29(21)34(42)40(35(30)43)20-11-9-19(37)10-12-20/h4-14,21-22,27-31H,3,15-16H2,1-2H3,(H,38,41)(H,39,44)/t21-,22-,27+,28-,29+,30+,31-/m1/s1. The average molecular weight is 747 g/mol. The fraction of sp³-hybridized carbons (Fsp3) is 0.333. The van der Waals surface area contributed by atoms with Crippen molar-refractivity contribution in [1.82, 2.24) is 4.98 Å². The van der Waals surface area contributed by atoms with Crippen LogP contribution in [0.25, 0.3) is 0 Å². The molecule has 4 aromatic rings. The van der Waals surface area contributed by atoms with Gasteiger partial charge in [-0.2, -0.15) is 0 Å². The van der Waals surface area contributed by atoms with Crippen LogP contribution in [0.1, 0.15) is 35.3 Å². The Bertz CT molecular complexity index is 2010. The number of H-pyrrole nitrogens is 1. The first kappa shape index (κ1) is 31.4. The molecule has 3 fully saturated rings. The van der Waals surface area contributed by atoms with E-state index in [1.54, 1.807) is 23.9 Å². The number of carbonyl (C=O) groups excluding carboxylic acids is 3. The molecule has 12 heteroatoms. The Kier molecular flexibility index (Phi) is 8.00. The van der Waals surface area contributed by atoms with E-state index in [0.717, 1.165) is 37.6 Å². The van der Waals surface area contributed by atoms with Crippen LogP contribution in [0, 0.1) is 36.5 Å². The van der Waals surface area contributed by atoms with Gasteiger partial charge in [-0.05, 0) is 91.6 Å². The summed E-state index contributed by atoms with van der Waals surface area (Å²) in [6.07, 6.45) is 0.800. The van der Waals surface area contributed by atoms with E-state index in [1.165, 1.54) is 16.2 Å². The third-order valence-corrected chi connectivity index (χ3v) is 13.3. The van der Waals surface area contributed by atoms with Crippen LogP contribution in [0.4, 0.5) is 11.4 Å². The molecular formula is C36H32BrN3O6S2. The molecule has 8 rings (SSSR count). The molecule has 1 aromatic heterocycles. The quantitative estimate of drug-likeness (QED) is 0.195. The van der Waals surface area contributed by atoms with Gasteiger partial charge in [0.05, 0.1) is 29.2 Å². The van der Waals surface area contributed by atoms with Crippen molar-refractivity contribution in [1.29, 1.82) is 0 Å². The third kappa shape index (κ3) is 5.11. The van der Waals surface area contributed by atoms with Crippen LogP contribution in [-0.2, 0) is 14.4 Å². The van der Waals surface area contributed by atoms with Gasteiger partial charge in [-0.1, -0.05) is 51.5 Å². The monoisotopic (exact) mass is 745 g/mol. The van der Waals surface area contributed by atoms with Gasteiger partial charge in [0.1, 0.15) is 0 Å². The van der Waals surface area contributed by atoms with Gasteiger partial charge < -0.3 is 19.8 Å². The summed E-state index contributed by atoms with van der Waals surface area (Å²) < 4.78 is 12.9. The highest BCUT2D eigenvalue weighted by molar-refractivity contribution is 9.10. The minimum Gasteiger partial charge on any atom is -0.490 e. The Labute approximate surface area is 293 Å². The van der Waals surface area contributed by atoms with Crippen molar-refractivity contribution in [2.24, 2.45) is 29.6 Å². The first-order chi connectivity index (χ1) is 23.2. The number of aromatic nitrogens is 1. The highest BCUT2D eigenvalue weighted by Crippen LogP contribution is 2.68. The highest BCUT2D eigenvalue weighted by atomic mass is 79.9. The molecule has 1 saturated heterocycles. The lowest BCUT2D eigenvalue weighted by atomic mass is 9.68. The molecule has 3 heterocycles. The van der Waals surface area contributed by atoms with Gasteiger partial charge in [-0.25, -0.2) is 0 Å². The molecule has 0 unspecified atom stereocenters. The number of thioether (sulfide) groups is 1. The van der Waals surface area contributed by atoms with E-state index in [9.17, 15) is 19.2 Å². The van der Waals surface area contributed by atoms with Crippen molar-refractivity contribution in [2.45, 2.75) is 36.5 Å². The lowest BCUT2D eigenvalue weighted by molar-refractivity contribution is -0.123. The van der Waals surface area contributed by atoms with Gasteiger partial charge in [0, 0.05) is 26.2 Å². The molecule has 48 heavy (non-hydrogen) atoms. The summed E-state index contributed by atoms with van der Waals surface area (Å²) >= 11 is 6.31. The second kappa shape index (κ2) is 12.2. The summed E-state index contributed by atoms with van der Waals surface area (Å²) in [5.41, 5.74) is 3.24. The number of imide groups is 1. The van der Waals surface area contributed by atoms with E-state index in [2.05, 4.69) is 26.2 Å². The van der Waals surface area contributed by atoms with E-state index in [0.29, 0.717) is 23.8 Å². The predicted octanol–water partition coefficient (Wildman–Crippen LogP) is 6.60. The van der Waals surface area contributed by atoms with Crippen LogP contribution in [0.3, 0.4) is 0 Å². The number of nitrogens with one attached hydrogen (secondary N) is 2. The number of amides is 3. The van der Waals surface area contributed by atoms with Crippen LogP contribution in [0.2, 0.25) is 0 Å². The molecule has 3 amide bonds. The van der Waals surface area contributed by atoms with Gasteiger partial charge in [0.25, 0.3) is 5.91 Å². The molecule has 2 N–H and O–H groups in total. The van der Waals surface area contributed by atoms with Crippen molar-refractivity contribution in [3.63, 3.8) is 0 Å². The van der Waals surface area contributed by atoms with E-state index in [4.69, 9.17) is 9.47 Å². The van der Waals surface area contributed by atoms with Gasteiger partial charge in [0.2, 0.25) is 11.8 Å². The van der Waals surface area contributed by atoms with Crippen LogP contribution in [0.15, 0.2) is 81.0 Å². The summed E-state index contributed by atoms with van der Waals surface area (Å²) in [6.45, 7) is 4.01. The summed E-state index contributed by atoms with van der Waals surface area (Å²) in [6, 6.07) is 20.6. The molecule has 4 aliphatic rings. The zero-order valence-corrected chi connectivity index (χ0v) is 29.3. The second-order valence-electron chi connectivity index (χ2n) is 12.7. The number of fused-ring (bicyclic) bond motifs is 9. The van der Waals surface area contributed by atoms with Crippen molar-refractivity contribution in [2.75, 3.05) is 23.4 Å². The Morgan fingerprint density at radius 2 is 1.73 bits per heavy atom. The number of thiazole rings is 1. The summed E-state index contributed by atoms with van der Waals surface area (Å²) in [5, 5.41) is 3.80. The van der Waals surface area contributed by atoms with Gasteiger partial charge in [-0.15, -0.1) is 11.8 Å². The largest absolute Gasteiger partial charge is 0.490 e. The summed E-state index contributed by atoms with van der Waals surface area (Å²) in [7, 11) is 0. The molecule has 2 aliphatic heterocycles. The zero-order valence-electron chi connectivity index (χ0n) is 26.1. The molecule has 0 radical (unpaired) electrons. The van der Waals surface area contributed by atoms with Crippen molar-refractivity contribution in [3.05, 3.63) is 96.9 Å². The maximum atomic E-state index is 14.0. The normalized spacial score (nSPS) is 26.6. The van der Waals surface area contributed by atoms with Crippen LogP contribution in [0.5, 0.6) is 11.5 Å². The Hall–Kier alpha value is -3.87. The fourth-order valence-electron chi connectivity index (χ4n) is 8.38. The first-order valence-electron chi connectivity index (χ1n) is 16.0. The van der Waals surface area contributed by atoms with Gasteiger partial charge in [-0.3, -0.25) is 24.1 Å². The first-order valence-corrected chi connectivity index (χ1v) is 18.5. The number of nitrogens with zero attached hydrogens (tertiary/aromatic N) is 1. The number of benzene rings is 3. The van der Waals surface area contributed by atoms with Crippen LogP contribution in [-0.4, -0.2) is 41.2 Å². The van der Waals surface area contributed by atoms with Gasteiger partial charge >= 0.3 is 4.87 Å². The predicted molar refractivity (Wildman–Crippen MR) is 188 cm³/mol. The average Bonchev–Trinajstić information content (AvgIpc) is 3.81. The molecule has 2 saturated carbocycles. The van der Waals surface area contributed by atoms with E-state index >= 15 is 0 Å². The molecule has 246 valence electrons. The summed E-state index contributed by atoms with van der Waals surface area (Å²) in [4.78, 5) is 58.7. The van der Waals surface area contributed by atoms with Crippen molar-refractivity contribution in [3.8, 4) is 11.5 Å². The molecule has 2 bridgehead atoms. The Morgan fingerprint density at radius 1 is 0.979 bits per heavy atom. The number of anilines is 2. The fourth-order valence-corrected chi connectivity index (χ4v) is 11.5. The smallest absolute Gasteiger partial charge is 0.305 e. The SMILES string of the molecule is CCOc1cc([C@@H]2c3sc(=O)[nH]c3S[C@@H]3[C@@H]4C[C@@H]([C@@H]5C(=O)N(c6ccc(Br)cc6)C(=O)[C@@H]45)[C@H]23)ccc1OCC(=O)Nc1ccccc1C. The number of aryl methyl sites for hydroxylation is 1. The lowest BCUT2D eigenvalue weighted by Crippen LogP contribution is -2.42. The third-order valence-electron chi connectivity index (χ3n) is 10.2. The van der Waals surface area contributed by atoms with Gasteiger partial charge in [0.15, 0.2) is 18.1 Å². The number of aromatic amines is 1. The van der Waals surface area contributed by atoms with Crippen LogP contribution < -0.4 is 24.6 Å². The molecule has 9 nitrogen and oxygen atoms in total. The number of hydrogen-bond donors (Lipinski definition) is 2. The maximum Gasteiger partial charge on any atom is 0.305 e. The zero-order chi connectivity index (χ0) is 33.3. The summed E-state index contributed by atoms with van der Waals surface area (Å²) in [5.74, 6) is -0.462. The van der Waals surface area contributed by atoms with Crippen molar-refractivity contribution >= 4 is 68.1 Å². The van der Waals surface area contributed by atoms with Crippen molar-refractivity contribution < 1.29 is 23.9 Å². The number of rotatable bonds is 8. The Morgan fingerprint density at radius 3 is 2.48 bits per heavy atom. The number of ether oxygens (including phenoxy) is 2. The van der Waals surface area contributed by atoms with E-state index < -0.39 is 5.92 Å². The molecule has 7 atom stereocenters. The number of hydrogen-bond acceptors (Lipinski definition) is 8. The topological polar surface area (TPSA) is 118 Å². The minimum absolute atomic E-state index is 0.0126. The molecule has 2 aliphatic carbocycles. The lowest BCUT2D eigenvalue weighted by Gasteiger charge is -2.43. The molecular weight excluding hydrogens is 714 g/mol. The van der Waals surface area contributed by atoms with E-state index in [-0.39, 0.29) is 64.0 Å². The second-order valence-corrected chi connectivity index (χ2v) is 15.9. The van der Waals surface area contributed by atoms with E-state index in [1.807, 2.05) is 68.4 Å². The maximum absolute atomic E-state index is 14.0. The molecule has 3 aromatic carbocycles. The highest BCUT2D eigenvalue weighted by Gasteiger charge is 2.69. The number of halogens is 1. The molecule has 0 spiro atoms. The number of carbonyl (C=O) groups is 3.